The predicted octanol–water partition coefficient (Wildman–Crippen LogP) is 3.75. The smallest absolute Gasteiger partial charge is 0.243 e. The summed E-state index contributed by atoms with van der Waals surface area (Å²) < 4.78 is 28.1. The van der Waals surface area contributed by atoms with E-state index in [9.17, 15) is 8.42 Å². The van der Waals surface area contributed by atoms with Gasteiger partial charge in [0.05, 0.1) is 16.6 Å². The quantitative estimate of drug-likeness (QED) is 0.751. The third-order valence-electron chi connectivity index (χ3n) is 6.18. The van der Waals surface area contributed by atoms with Gasteiger partial charge in [-0.05, 0) is 49.6 Å². The first kappa shape index (κ1) is 19.8. The van der Waals surface area contributed by atoms with Gasteiger partial charge in [0.15, 0.2) is 5.82 Å². The van der Waals surface area contributed by atoms with Crippen LogP contribution in [0.2, 0.25) is 5.02 Å². The summed E-state index contributed by atoms with van der Waals surface area (Å²) in [7, 11) is -3.65. The van der Waals surface area contributed by atoms with Gasteiger partial charge in [0, 0.05) is 24.3 Å². The first-order chi connectivity index (χ1) is 14.5. The molecule has 0 bridgehead atoms. The number of hydrogen-bond donors (Lipinski definition) is 2. The van der Waals surface area contributed by atoms with E-state index in [1.54, 1.807) is 24.4 Å². The molecule has 2 N–H and O–H groups in total. The van der Waals surface area contributed by atoms with E-state index in [4.69, 9.17) is 16.6 Å². The second-order valence-electron chi connectivity index (χ2n) is 8.19. The van der Waals surface area contributed by atoms with Crippen LogP contribution in [0, 0.1) is 0 Å². The molecule has 3 aliphatic rings. The Balaban J connectivity index is 1.50. The summed E-state index contributed by atoms with van der Waals surface area (Å²) in [5, 5.41) is 7.39. The van der Waals surface area contributed by atoms with Crippen molar-refractivity contribution in [2.45, 2.75) is 48.6 Å². The maximum atomic E-state index is 13.3. The largest absolute Gasteiger partial charge is 0.369 e. The summed E-state index contributed by atoms with van der Waals surface area (Å²) in [6.07, 6.45) is 6.88. The lowest BCUT2D eigenvalue weighted by Crippen LogP contribution is -2.55. The molecule has 0 amide bonds. The summed E-state index contributed by atoms with van der Waals surface area (Å²) >= 11 is 6.04. The van der Waals surface area contributed by atoms with Gasteiger partial charge in [0.2, 0.25) is 10.0 Å². The molecule has 1 aromatic carbocycles. The van der Waals surface area contributed by atoms with Crippen LogP contribution in [0.3, 0.4) is 0 Å². The molecule has 1 aliphatic carbocycles. The number of nitrogens with zero attached hydrogens (tertiary/aromatic N) is 3. The van der Waals surface area contributed by atoms with E-state index >= 15 is 0 Å². The second kappa shape index (κ2) is 7.51. The third kappa shape index (κ3) is 3.46. The summed E-state index contributed by atoms with van der Waals surface area (Å²) in [4.78, 5) is 9.67. The minimum Gasteiger partial charge on any atom is -0.369 e. The van der Waals surface area contributed by atoms with Crippen LogP contribution >= 0.6 is 11.6 Å². The summed E-state index contributed by atoms with van der Waals surface area (Å²) in [5.41, 5.74) is 0.273. The van der Waals surface area contributed by atoms with Gasteiger partial charge >= 0.3 is 0 Å². The van der Waals surface area contributed by atoms with Crippen molar-refractivity contribution in [3.05, 3.63) is 47.6 Å². The SMILES string of the molecule is O=S(=O)(c1cccc(Cl)c1)N1CC[C@@]2(C1)Nc1cccnc1NC2=NC1CCCC1. The summed E-state index contributed by atoms with van der Waals surface area (Å²) in [5.74, 6) is 1.53. The van der Waals surface area contributed by atoms with Crippen molar-refractivity contribution in [3.8, 4) is 0 Å². The molecule has 2 fully saturated rings. The maximum absolute atomic E-state index is 13.3. The van der Waals surface area contributed by atoms with Crippen molar-refractivity contribution in [2.24, 2.45) is 4.99 Å². The number of hydrogen-bond acceptors (Lipinski definition) is 5. The normalized spacial score (nSPS) is 26.0. The van der Waals surface area contributed by atoms with Gasteiger partial charge in [-0.3, -0.25) is 4.99 Å². The van der Waals surface area contributed by atoms with Crippen LogP contribution in [-0.2, 0) is 10.0 Å². The molecule has 1 spiro atoms. The minimum atomic E-state index is -3.65. The number of anilines is 2. The monoisotopic (exact) mass is 445 g/mol. The van der Waals surface area contributed by atoms with Crippen LogP contribution in [0.1, 0.15) is 32.1 Å². The zero-order chi connectivity index (χ0) is 20.8. The third-order valence-corrected chi connectivity index (χ3v) is 8.25. The average molecular weight is 446 g/mol. The molecule has 1 saturated heterocycles. The Morgan fingerprint density at radius 1 is 1.20 bits per heavy atom. The standard InChI is InChI=1S/C21H24ClN5O2S/c22-15-5-3-8-17(13-15)30(28,29)27-12-10-21(14-27)20(24-16-6-1-2-7-16)25-19-18(26-21)9-4-11-23-19/h3-5,8-9,11,13,16,26H,1-2,6-7,10,12,14H2,(H,23,24,25)/t21-/m0/s1. The zero-order valence-electron chi connectivity index (χ0n) is 16.5. The van der Waals surface area contributed by atoms with Crippen molar-refractivity contribution in [1.82, 2.24) is 9.29 Å². The van der Waals surface area contributed by atoms with Crippen molar-refractivity contribution < 1.29 is 8.42 Å². The van der Waals surface area contributed by atoms with Gasteiger partial charge in [-0.15, -0.1) is 0 Å². The number of fused-ring (bicyclic) bond motifs is 1. The van der Waals surface area contributed by atoms with E-state index in [1.165, 1.54) is 23.2 Å². The molecule has 158 valence electrons. The van der Waals surface area contributed by atoms with E-state index in [0.29, 0.717) is 24.5 Å². The minimum absolute atomic E-state index is 0.215. The second-order valence-corrected chi connectivity index (χ2v) is 10.6. The number of sulfonamides is 1. The molecule has 30 heavy (non-hydrogen) atoms. The fraction of sp³-hybridized carbons (Fsp3) is 0.429. The van der Waals surface area contributed by atoms with Gasteiger partial charge < -0.3 is 10.6 Å². The highest BCUT2D eigenvalue weighted by atomic mass is 35.5. The van der Waals surface area contributed by atoms with Gasteiger partial charge in [0.25, 0.3) is 0 Å². The maximum Gasteiger partial charge on any atom is 0.243 e. The van der Waals surface area contributed by atoms with Crippen LogP contribution in [0.4, 0.5) is 11.5 Å². The summed E-state index contributed by atoms with van der Waals surface area (Å²) in [6.45, 7) is 0.706. The van der Waals surface area contributed by atoms with Crippen LogP contribution in [0.15, 0.2) is 52.5 Å². The van der Waals surface area contributed by atoms with Gasteiger partial charge in [-0.1, -0.05) is 30.5 Å². The van der Waals surface area contributed by atoms with Gasteiger partial charge in [-0.25, -0.2) is 13.4 Å². The Labute approximate surface area is 181 Å². The molecule has 5 rings (SSSR count). The Kier molecular flexibility index (Phi) is 4.95. The van der Waals surface area contributed by atoms with Crippen molar-refractivity contribution in [2.75, 3.05) is 23.7 Å². The van der Waals surface area contributed by atoms with Crippen LogP contribution in [0.5, 0.6) is 0 Å². The van der Waals surface area contributed by atoms with Crippen LogP contribution in [-0.4, -0.2) is 48.2 Å². The van der Waals surface area contributed by atoms with E-state index in [1.807, 2.05) is 12.1 Å². The molecular weight excluding hydrogens is 422 g/mol. The van der Waals surface area contributed by atoms with E-state index in [0.717, 1.165) is 30.2 Å². The number of rotatable bonds is 3. The lowest BCUT2D eigenvalue weighted by atomic mass is 9.93. The molecule has 7 nitrogen and oxygen atoms in total. The fourth-order valence-electron chi connectivity index (χ4n) is 4.58. The Morgan fingerprint density at radius 3 is 2.83 bits per heavy atom. The van der Waals surface area contributed by atoms with Crippen molar-refractivity contribution in [3.63, 3.8) is 0 Å². The highest BCUT2D eigenvalue weighted by molar-refractivity contribution is 7.89. The number of amidine groups is 1. The molecule has 1 atom stereocenters. The molecule has 0 radical (unpaired) electrons. The average Bonchev–Trinajstić information content (AvgIpc) is 3.40. The van der Waals surface area contributed by atoms with Gasteiger partial charge in [0.1, 0.15) is 11.4 Å². The van der Waals surface area contributed by atoms with Crippen LogP contribution in [0.25, 0.3) is 0 Å². The summed E-state index contributed by atoms with van der Waals surface area (Å²) in [6, 6.07) is 10.5. The molecule has 3 heterocycles. The first-order valence-corrected chi connectivity index (χ1v) is 12.1. The molecule has 1 saturated carbocycles. The number of halogens is 1. The van der Waals surface area contributed by atoms with E-state index in [2.05, 4.69) is 15.6 Å². The van der Waals surface area contributed by atoms with Gasteiger partial charge in [-0.2, -0.15) is 4.31 Å². The topological polar surface area (TPSA) is 86.7 Å². The Bertz CT molecular complexity index is 1100. The zero-order valence-corrected chi connectivity index (χ0v) is 18.1. The number of nitrogens with one attached hydrogen (secondary N) is 2. The van der Waals surface area contributed by atoms with Crippen molar-refractivity contribution in [1.29, 1.82) is 0 Å². The Hall–Kier alpha value is -2.16. The lowest BCUT2D eigenvalue weighted by Gasteiger charge is -2.38. The lowest BCUT2D eigenvalue weighted by molar-refractivity contribution is 0.467. The van der Waals surface area contributed by atoms with E-state index in [-0.39, 0.29) is 10.9 Å². The predicted molar refractivity (Wildman–Crippen MR) is 119 cm³/mol. The molecular formula is C21H24ClN5O2S. The Morgan fingerprint density at radius 2 is 2.03 bits per heavy atom. The molecule has 2 aliphatic heterocycles. The highest BCUT2D eigenvalue weighted by Gasteiger charge is 2.49. The fourth-order valence-corrected chi connectivity index (χ4v) is 6.38. The van der Waals surface area contributed by atoms with Crippen LogP contribution < -0.4 is 10.6 Å². The molecule has 0 unspecified atom stereocenters. The molecule has 1 aromatic heterocycles. The first-order valence-electron chi connectivity index (χ1n) is 10.3. The molecule has 2 aromatic rings. The number of pyridine rings is 1. The number of benzene rings is 1. The van der Waals surface area contributed by atoms with Crippen molar-refractivity contribution >= 4 is 39.0 Å². The molecule has 9 heteroatoms. The van der Waals surface area contributed by atoms with E-state index < -0.39 is 15.6 Å². The number of aliphatic imine (C=N–C) groups is 1. The number of aromatic nitrogens is 1. The highest BCUT2D eigenvalue weighted by Crippen LogP contribution is 2.38.